The minimum atomic E-state index is -4.80. The Morgan fingerprint density at radius 3 is 2.31 bits per heavy atom. The number of ether oxygens (including phenoxy) is 3. The Balaban J connectivity index is 1.42. The van der Waals surface area contributed by atoms with Crippen LogP contribution in [0.5, 0.6) is 17.6 Å². The van der Waals surface area contributed by atoms with E-state index in [1.165, 1.54) is 22.7 Å². The highest BCUT2D eigenvalue weighted by Gasteiger charge is 2.31. The van der Waals surface area contributed by atoms with E-state index in [0.717, 1.165) is 29.1 Å². The average Bonchev–Trinajstić information content (AvgIpc) is 3.12. The van der Waals surface area contributed by atoms with Crippen LogP contribution in [0.2, 0.25) is 0 Å². The standard InChI is InChI=1S/C21H15F6N5O4/c22-20(23,24)12-35-17-7-8-28-18(29-17)34-10-9-32-19(33)31-11-14(3-6-16(31)30-32)13-1-4-15(5-2-13)36-21(25,26)27/h1-8,11H,9-10,12H2. The van der Waals surface area contributed by atoms with Crippen LogP contribution in [0.15, 0.2) is 59.7 Å². The first-order valence-corrected chi connectivity index (χ1v) is 10.1. The fourth-order valence-corrected chi connectivity index (χ4v) is 3.04. The molecule has 15 heteroatoms. The van der Waals surface area contributed by atoms with Gasteiger partial charge in [-0.05, 0) is 35.4 Å². The lowest BCUT2D eigenvalue weighted by molar-refractivity contribution is -0.274. The number of benzene rings is 1. The molecule has 0 aliphatic heterocycles. The lowest BCUT2D eigenvalue weighted by Gasteiger charge is -2.09. The maximum absolute atomic E-state index is 12.7. The maximum atomic E-state index is 12.7. The molecule has 0 spiro atoms. The molecule has 0 bridgehead atoms. The smallest absolute Gasteiger partial charge is 0.468 e. The summed E-state index contributed by atoms with van der Waals surface area (Å²) in [6, 6.07) is 9.23. The number of hydrogen-bond donors (Lipinski definition) is 0. The molecule has 1 aromatic carbocycles. The minimum Gasteiger partial charge on any atom is -0.468 e. The van der Waals surface area contributed by atoms with Gasteiger partial charge >= 0.3 is 24.2 Å². The molecule has 190 valence electrons. The Bertz CT molecular complexity index is 1400. The molecule has 4 aromatic rings. The van der Waals surface area contributed by atoms with Gasteiger partial charge in [0.2, 0.25) is 5.88 Å². The topological polar surface area (TPSA) is 92.8 Å². The van der Waals surface area contributed by atoms with Gasteiger partial charge in [-0.15, -0.1) is 18.3 Å². The van der Waals surface area contributed by atoms with Crippen molar-refractivity contribution in [2.45, 2.75) is 19.1 Å². The maximum Gasteiger partial charge on any atom is 0.573 e. The van der Waals surface area contributed by atoms with E-state index >= 15 is 0 Å². The van der Waals surface area contributed by atoms with Crippen molar-refractivity contribution in [3.8, 4) is 28.8 Å². The first kappa shape index (κ1) is 24.8. The van der Waals surface area contributed by atoms with Crippen molar-refractivity contribution < 1.29 is 40.6 Å². The van der Waals surface area contributed by atoms with Crippen LogP contribution in [-0.2, 0) is 6.54 Å². The van der Waals surface area contributed by atoms with Crippen LogP contribution in [-0.4, -0.2) is 49.9 Å². The number of fused-ring (bicyclic) bond motifs is 1. The highest BCUT2D eigenvalue weighted by atomic mass is 19.4. The van der Waals surface area contributed by atoms with Gasteiger partial charge in [-0.2, -0.15) is 18.2 Å². The van der Waals surface area contributed by atoms with Crippen molar-refractivity contribution >= 4 is 5.65 Å². The van der Waals surface area contributed by atoms with Crippen molar-refractivity contribution in [2.24, 2.45) is 0 Å². The third-order valence-electron chi connectivity index (χ3n) is 4.52. The molecular formula is C21H15F6N5O4. The summed E-state index contributed by atoms with van der Waals surface area (Å²) in [6.07, 6.45) is -6.69. The number of pyridine rings is 1. The summed E-state index contributed by atoms with van der Waals surface area (Å²) in [5.41, 5.74) is 0.873. The molecule has 0 saturated heterocycles. The number of alkyl halides is 6. The largest absolute Gasteiger partial charge is 0.573 e. The van der Waals surface area contributed by atoms with Crippen LogP contribution in [0.25, 0.3) is 16.8 Å². The SMILES string of the molecule is O=c1n(CCOc2nccc(OCC(F)(F)F)n2)nc2ccc(-c3ccc(OC(F)(F)F)cc3)cn12. The first-order valence-electron chi connectivity index (χ1n) is 10.1. The normalized spacial score (nSPS) is 12.1. The predicted molar refractivity (Wildman–Crippen MR) is 111 cm³/mol. The monoisotopic (exact) mass is 515 g/mol. The fourth-order valence-electron chi connectivity index (χ4n) is 3.04. The molecule has 4 rings (SSSR count). The molecule has 3 aromatic heterocycles. The van der Waals surface area contributed by atoms with Crippen molar-refractivity contribution in [2.75, 3.05) is 13.2 Å². The van der Waals surface area contributed by atoms with Gasteiger partial charge in [0.05, 0.1) is 6.54 Å². The van der Waals surface area contributed by atoms with E-state index in [9.17, 15) is 31.1 Å². The summed E-state index contributed by atoms with van der Waals surface area (Å²) in [5, 5.41) is 4.16. The summed E-state index contributed by atoms with van der Waals surface area (Å²) in [7, 11) is 0. The second-order valence-electron chi connectivity index (χ2n) is 7.15. The summed E-state index contributed by atoms with van der Waals surface area (Å²) >= 11 is 0. The van der Waals surface area contributed by atoms with E-state index in [1.54, 1.807) is 12.1 Å². The van der Waals surface area contributed by atoms with Crippen LogP contribution < -0.4 is 19.9 Å². The predicted octanol–water partition coefficient (Wildman–Crippen LogP) is 3.87. The van der Waals surface area contributed by atoms with Crippen LogP contribution in [0, 0.1) is 0 Å². The Morgan fingerprint density at radius 1 is 0.889 bits per heavy atom. The van der Waals surface area contributed by atoms with Crippen molar-refractivity contribution in [1.29, 1.82) is 0 Å². The van der Waals surface area contributed by atoms with Gasteiger partial charge in [-0.1, -0.05) is 12.1 Å². The molecule has 0 fully saturated rings. The van der Waals surface area contributed by atoms with Crippen LogP contribution >= 0.6 is 0 Å². The Hall–Kier alpha value is -4.30. The van der Waals surface area contributed by atoms with Crippen molar-refractivity contribution in [3.63, 3.8) is 0 Å². The summed E-state index contributed by atoms with van der Waals surface area (Å²) in [4.78, 5) is 20.2. The number of nitrogens with zero attached hydrogens (tertiary/aromatic N) is 5. The number of halogens is 6. The molecule has 0 aliphatic rings. The third kappa shape index (κ3) is 6.43. The van der Waals surface area contributed by atoms with Gasteiger partial charge in [-0.3, -0.25) is 0 Å². The van der Waals surface area contributed by atoms with E-state index in [-0.39, 0.29) is 30.8 Å². The molecule has 9 nitrogen and oxygen atoms in total. The van der Waals surface area contributed by atoms with E-state index < -0.39 is 24.8 Å². The van der Waals surface area contributed by atoms with Crippen LogP contribution in [0.3, 0.4) is 0 Å². The molecular weight excluding hydrogens is 500 g/mol. The Labute approximate surface area is 197 Å². The zero-order valence-electron chi connectivity index (χ0n) is 18.0. The first-order chi connectivity index (χ1) is 17.0. The molecule has 0 atom stereocenters. The van der Waals surface area contributed by atoms with E-state index in [1.807, 2.05) is 0 Å². The lowest BCUT2D eigenvalue weighted by atomic mass is 10.1. The summed E-state index contributed by atoms with van der Waals surface area (Å²) in [6.45, 7) is -1.68. The molecule has 0 unspecified atom stereocenters. The highest BCUT2D eigenvalue weighted by molar-refractivity contribution is 5.65. The van der Waals surface area contributed by atoms with E-state index in [2.05, 4.69) is 24.5 Å². The highest BCUT2D eigenvalue weighted by Crippen LogP contribution is 2.26. The van der Waals surface area contributed by atoms with Crippen LogP contribution in [0.4, 0.5) is 26.3 Å². The zero-order chi connectivity index (χ0) is 25.9. The second kappa shape index (κ2) is 9.75. The van der Waals surface area contributed by atoms with Crippen LogP contribution in [0.1, 0.15) is 0 Å². The molecule has 0 N–H and O–H groups in total. The van der Waals surface area contributed by atoms with Gasteiger partial charge in [0.25, 0.3) is 0 Å². The Morgan fingerprint density at radius 2 is 1.61 bits per heavy atom. The summed E-state index contributed by atoms with van der Waals surface area (Å²) in [5.74, 6) is -0.702. The van der Waals surface area contributed by atoms with E-state index in [4.69, 9.17) is 4.74 Å². The lowest BCUT2D eigenvalue weighted by Crippen LogP contribution is -2.24. The van der Waals surface area contributed by atoms with E-state index in [0.29, 0.717) is 16.8 Å². The number of aromatic nitrogens is 5. The molecule has 0 radical (unpaired) electrons. The number of rotatable bonds is 8. The molecule has 0 saturated carbocycles. The molecule has 36 heavy (non-hydrogen) atoms. The van der Waals surface area contributed by atoms with Crippen molar-refractivity contribution in [1.82, 2.24) is 24.1 Å². The van der Waals surface area contributed by atoms with Gasteiger partial charge < -0.3 is 14.2 Å². The quantitative estimate of drug-likeness (QED) is 0.329. The average molecular weight is 515 g/mol. The Kier molecular flexibility index (Phi) is 6.72. The molecule has 0 aliphatic carbocycles. The molecule has 3 heterocycles. The van der Waals surface area contributed by atoms with Gasteiger partial charge in [-0.25, -0.2) is 18.9 Å². The summed E-state index contributed by atoms with van der Waals surface area (Å²) < 4.78 is 89.8. The molecule has 0 amide bonds. The van der Waals surface area contributed by atoms with Crippen molar-refractivity contribution in [3.05, 3.63) is 65.3 Å². The van der Waals surface area contributed by atoms with Gasteiger partial charge in [0.1, 0.15) is 12.4 Å². The zero-order valence-corrected chi connectivity index (χ0v) is 18.0. The fraction of sp³-hybridized carbons (Fsp3) is 0.238. The van der Waals surface area contributed by atoms with Gasteiger partial charge in [0, 0.05) is 18.5 Å². The third-order valence-corrected chi connectivity index (χ3v) is 4.52. The second-order valence-corrected chi connectivity index (χ2v) is 7.15. The number of hydrogen-bond acceptors (Lipinski definition) is 7. The minimum absolute atomic E-state index is 0.0314. The van der Waals surface area contributed by atoms with Gasteiger partial charge in [0.15, 0.2) is 12.3 Å².